The SMILES string of the molecule is Cc1ccc(S(=O)(=O)N2CC3CC2CS3)s1. The van der Waals surface area contributed by atoms with Crippen LogP contribution in [-0.2, 0) is 10.0 Å². The molecule has 6 heteroatoms. The number of rotatable bonds is 2. The highest BCUT2D eigenvalue weighted by Gasteiger charge is 2.45. The summed E-state index contributed by atoms with van der Waals surface area (Å²) >= 11 is 3.28. The fraction of sp³-hybridized carbons (Fsp3) is 0.600. The third-order valence-electron chi connectivity index (χ3n) is 3.13. The Morgan fingerprint density at radius 3 is 2.75 bits per heavy atom. The zero-order chi connectivity index (χ0) is 11.3. The van der Waals surface area contributed by atoms with Crippen LogP contribution >= 0.6 is 23.1 Å². The van der Waals surface area contributed by atoms with Crippen LogP contribution in [0.1, 0.15) is 11.3 Å². The number of hydrogen-bond donors (Lipinski definition) is 0. The lowest BCUT2D eigenvalue weighted by atomic mass is 10.3. The van der Waals surface area contributed by atoms with Gasteiger partial charge >= 0.3 is 0 Å². The highest BCUT2D eigenvalue weighted by Crippen LogP contribution is 2.41. The van der Waals surface area contributed by atoms with E-state index in [4.69, 9.17) is 0 Å². The summed E-state index contributed by atoms with van der Waals surface area (Å²) in [7, 11) is -3.21. The lowest BCUT2D eigenvalue weighted by Crippen LogP contribution is -2.38. The fourth-order valence-corrected chi connectivity index (χ4v) is 7.04. The molecule has 2 atom stereocenters. The van der Waals surface area contributed by atoms with Crippen LogP contribution in [0, 0.1) is 6.92 Å². The standard InChI is InChI=1S/C10H13NO2S3/c1-7-2-3-10(15-7)16(12,13)11-5-9-4-8(11)6-14-9/h2-3,8-9H,4-6H2,1H3. The number of thioether (sulfide) groups is 1. The van der Waals surface area contributed by atoms with Crippen molar-refractivity contribution in [2.24, 2.45) is 0 Å². The minimum Gasteiger partial charge on any atom is -0.206 e. The van der Waals surface area contributed by atoms with Gasteiger partial charge in [0.2, 0.25) is 0 Å². The molecular formula is C10H13NO2S3. The molecule has 2 aliphatic heterocycles. The van der Waals surface area contributed by atoms with Gasteiger partial charge in [-0.3, -0.25) is 0 Å². The minimum atomic E-state index is -3.21. The average molecular weight is 275 g/mol. The molecule has 2 fully saturated rings. The molecule has 0 saturated carbocycles. The Balaban J connectivity index is 1.94. The van der Waals surface area contributed by atoms with Gasteiger partial charge < -0.3 is 0 Å². The van der Waals surface area contributed by atoms with Crippen molar-refractivity contribution in [3.8, 4) is 0 Å². The van der Waals surface area contributed by atoms with Crippen LogP contribution in [-0.4, -0.2) is 36.3 Å². The summed E-state index contributed by atoms with van der Waals surface area (Å²) in [5.74, 6) is 0.967. The molecule has 1 aromatic rings. The average Bonchev–Trinajstić information content (AvgIpc) is 2.91. The van der Waals surface area contributed by atoms with Crippen molar-refractivity contribution in [2.45, 2.75) is 28.8 Å². The second-order valence-electron chi connectivity index (χ2n) is 4.28. The Kier molecular flexibility index (Phi) is 2.58. The lowest BCUT2D eigenvalue weighted by molar-refractivity contribution is 0.411. The van der Waals surface area contributed by atoms with Crippen LogP contribution in [0.3, 0.4) is 0 Å². The number of sulfonamides is 1. The van der Waals surface area contributed by atoms with Crippen LogP contribution in [0.15, 0.2) is 16.3 Å². The summed E-state index contributed by atoms with van der Waals surface area (Å²) in [4.78, 5) is 1.05. The smallest absolute Gasteiger partial charge is 0.206 e. The molecule has 0 amide bonds. The maximum absolute atomic E-state index is 12.4. The quantitative estimate of drug-likeness (QED) is 0.828. The molecule has 3 heterocycles. The van der Waals surface area contributed by atoms with Gasteiger partial charge in [-0.1, -0.05) is 0 Å². The van der Waals surface area contributed by atoms with E-state index in [0.717, 1.165) is 17.1 Å². The molecule has 0 aliphatic carbocycles. The van der Waals surface area contributed by atoms with E-state index in [9.17, 15) is 8.42 Å². The molecule has 0 radical (unpaired) electrons. The maximum Gasteiger partial charge on any atom is 0.252 e. The van der Waals surface area contributed by atoms with Crippen molar-refractivity contribution >= 4 is 33.1 Å². The minimum absolute atomic E-state index is 0.238. The van der Waals surface area contributed by atoms with E-state index in [2.05, 4.69) is 0 Å². The first-order chi connectivity index (χ1) is 7.57. The third kappa shape index (κ3) is 1.63. The van der Waals surface area contributed by atoms with E-state index in [1.807, 2.05) is 24.8 Å². The largest absolute Gasteiger partial charge is 0.252 e. The third-order valence-corrected chi connectivity index (χ3v) is 7.91. The molecule has 0 aromatic carbocycles. The van der Waals surface area contributed by atoms with Gasteiger partial charge in [-0.2, -0.15) is 16.1 Å². The van der Waals surface area contributed by atoms with Gasteiger partial charge in [0.15, 0.2) is 0 Å². The topological polar surface area (TPSA) is 37.4 Å². The van der Waals surface area contributed by atoms with E-state index < -0.39 is 10.0 Å². The van der Waals surface area contributed by atoms with Crippen LogP contribution < -0.4 is 0 Å². The molecule has 2 bridgehead atoms. The van der Waals surface area contributed by atoms with E-state index >= 15 is 0 Å². The predicted octanol–water partition coefficient (Wildman–Crippen LogP) is 1.93. The summed E-state index contributed by atoms with van der Waals surface area (Å²) in [6, 6.07) is 3.84. The molecule has 2 saturated heterocycles. The first kappa shape index (κ1) is 11.1. The molecule has 1 aromatic heterocycles. The molecule has 16 heavy (non-hydrogen) atoms. The van der Waals surface area contributed by atoms with Crippen molar-refractivity contribution in [3.05, 3.63) is 17.0 Å². The second-order valence-corrected chi connectivity index (χ2v) is 9.02. The predicted molar refractivity (Wildman–Crippen MR) is 67.6 cm³/mol. The summed E-state index contributed by atoms with van der Waals surface area (Å²) in [6.07, 6.45) is 1.04. The molecule has 3 rings (SSSR count). The van der Waals surface area contributed by atoms with E-state index in [1.165, 1.54) is 11.3 Å². The van der Waals surface area contributed by atoms with E-state index in [1.54, 1.807) is 10.4 Å². The normalized spacial score (nSPS) is 30.1. The number of nitrogens with zero attached hydrogens (tertiary/aromatic N) is 1. The molecule has 88 valence electrons. The van der Waals surface area contributed by atoms with E-state index in [-0.39, 0.29) is 6.04 Å². The molecular weight excluding hydrogens is 262 g/mol. The Morgan fingerprint density at radius 2 is 2.25 bits per heavy atom. The van der Waals surface area contributed by atoms with Crippen molar-refractivity contribution in [1.29, 1.82) is 0 Å². The fourth-order valence-electron chi connectivity index (χ4n) is 2.33. The van der Waals surface area contributed by atoms with Crippen molar-refractivity contribution in [2.75, 3.05) is 12.3 Å². The van der Waals surface area contributed by atoms with Gasteiger partial charge in [0, 0.05) is 28.5 Å². The van der Waals surface area contributed by atoms with E-state index in [0.29, 0.717) is 16.0 Å². The molecule has 2 aliphatic rings. The Hall–Kier alpha value is -0.0400. The number of thiophene rings is 1. The Bertz CT molecular complexity index is 508. The monoisotopic (exact) mass is 275 g/mol. The van der Waals surface area contributed by atoms with Gasteiger partial charge in [0.1, 0.15) is 4.21 Å². The summed E-state index contributed by atoms with van der Waals surface area (Å²) in [6.45, 7) is 2.64. The number of hydrogen-bond acceptors (Lipinski definition) is 4. The maximum atomic E-state index is 12.4. The summed E-state index contributed by atoms with van der Waals surface area (Å²) in [5, 5.41) is 0.529. The molecule has 2 unspecified atom stereocenters. The Labute approximate surface area is 104 Å². The summed E-state index contributed by atoms with van der Waals surface area (Å²) < 4.78 is 26.9. The van der Waals surface area contributed by atoms with Crippen LogP contribution in [0.25, 0.3) is 0 Å². The van der Waals surface area contributed by atoms with Gasteiger partial charge in [-0.05, 0) is 25.5 Å². The van der Waals surface area contributed by atoms with Crippen LogP contribution in [0.4, 0.5) is 0 Å². The zero-order valence-corrected chi connectivity index (χ0v) is 11.4. The first-order valence-corrected chi connectivity index (χ1v) is 8.58. The first-order valence-electron chi connectivity index (χ1n) is 5.27. The van der Waals surface area contributed by atoms with Gasteiger partial charge in [-0.25, -0.2) is 8.42 Å². The lowest BCUT2D eigenvalue weighted by Gasteiger charge is -2.24. The van der Waals surface area contributed by atoms with Crippen LogP contribution in [0.5, 0.6) is 0 Å². The molecule has 0 N–H and O–H groups in total. The van der Waals surface area contributed by atoms with Gasteiger partial charge in [-0.15, -0.1) is 11.3 Å². The molecule has 3 nitrogen and oxygen atoms in total. The van der Waals surface area contributed by atoms with Crippen molar-refractivity contribution in [3.63, 3.8) is 0 Å². The zero-order valence-electron chi connectivity index (χ0n) is 8.92. The van der Waals surface area contributed by atoms with Crippen molar-refractivity contribution < 1.29 is 8.42 Å². The number of aryl methyl sites for hydroxylation is 1. The second kappa shape index (κ2) is 3.73. The molecule has 0 spiro atoms. The summed E-state index contributed by atoms with van der Waals surface area (Å²) in [5.41, 5.74) is 0. The number of fused-ring (bicyclic) bond motifs is 2. The van der Waals surface area contributed by atoms with Crippen LogP contribution in [0.2, 0.25) is 0 Å². The highest BCUT2D eigenvalue weighted by molar-refractivity contribution is 8.00. The highest BCUT2D eigenvalue weighted by atomic mass is 32.2. The van der Waals surface area contributed by atoms with Gasteiger partial charge in [0.25, 0.3) is 10.0 Å². The van der Waals surface area contributed by atoms with Gasteiger partial charge in [0.05, 0.1) is 0 Å². The van der Waals surface area contributed by atoms with Crippen molar-refractivity contribution in [1.82, 2.24) is 4.31 Å². The Morgan fingerprint density at radius 1 is 1.44 bits per heavy atom.